The minimum Gasteiger partial charge on any atom is -0.495 e. The van der Waals surface area contributed by atoms with Crippen LogP contribution in [-0.2, 0) is 23.0 Å². The van der Waals surface area contributed by atoms with Crippen molar-refractivity contribution in [2.45, 2.75) is 44.2 Å². The molecule has 164 valence electrons. The summed E-state index contributed by atoms with van der Waals surface area (Å²) in [5.74, 6) is -0.00310. The largest absolute Gasteiger partial charge is 0.495 e. The van der Waals surface area contributed by atoms with Crippen LogP contribution in [-0.4, -0.2) is 43.4 Å². The van der Waals surface area contributed by atoms with Gasteiger partial charge in [0.1, 0.15) is 10.6 Å². The molecule has 0 fully saturated rings. The van der Waals surface area contributed by atoms with Gasteiger partial charge in [-0.2, -0.15) is 0 Å². The lowest BCUT2D eigenvalue weighted by Crippen LogP contribution is -2.40. The summed E-state index contributed by atoms with van der Waals surface area (Å²) in [6, 6.07) is 12.6. The van der Waals surface area contributed by atoms with Crippen LogP contribution in [0.4, 0.5) is 0 Å². The van der Waals surface area contributed by atoms with E-state index in [1.165, 1.54) is 19.2 Å². The lowest BCUT2D eigenvalue weighted by Gasteiger charge is -2.28. The second-order valence-corrected chi connectivity index (χ2v) is 10.5. The predicted molar refractivity (Wildman–Crippen MR) is 120 cm³/mol. The number of para-hydroxylation sites is 1. The number of rotatable bonds is 4. The van der Waals surface area contributed by atoms with Crippen LogP contribution in [0.1, 0.15) is 42.4 Å². The third kappa shape index (κ3) is 4.18. The first-order chi connectivity index (χ1) is 14.6. The molecule has 4 rings (SSSR count). The molecule has 0 spiro atoms. The number of methoxy groups -OCH3 is 1. The van der Waals surface area contributed by atoms with E-state index in [4.69, 9.17) is 4.74 Å². The Bertz CT molecular complexity index is 1260. The predicted octanol–water partition coefficient (Wildman–Crippen LogP) is 3.45. The molecule has 1 aliphatic rings. The first kappa shape index (κ1) is 21.4. The Morgan fingerprint density at radius 2 is 1.90 bits per heavy atom. The van der Waals surface area contributed by atoms with E-state index in [1.807, 2.05) is 18.2 Å². The van der Waals surface area contributed by atoms with E-state index < -0.39 is 15.6 Å². The minimum atomic E-state index is -3.87. The van der Waals surface area contributed by atoms with Crippen molar-refractivity contribution in [3.05, 3.63) is 59.3 Å². The van der Waals surface area contributed by atoms with Crippen LogP contribution in [0.25, 0.3) is 10.9 Å². The maximum absolute atomic E-state index is 13.3. The standard InChI is InChI=1S/C23H27N3O4S/c1-23(2,3)25-31(28,29)21-13-15(9-10-20(21)30-4)22(27)26-12-11-19-17(14-26)16-7-5-6-8-18(16)24-19/h5-10,13,24-25H,11-12,14H2,1-4H3. The second kappa shape index (κ2) is 7.69. The molecule has 8 heteroatoms. The van der Waals surface area contributed by atoms with E-state index in [2.05, 4.69) is 15.8 Å². The molecule has 0 bridgehead atoms. The summed E-state index contributed by atoms with van der Waals surface area (Å²) in [7, 11) is -2.45. The number of H-pyrrole nitrogens is 1. The van der Waals surface area contributed by atoms with Gasteiger partial charge in [-0.1, -0.05) is 18.2 Å². The summed E-state index contributed by atoms with van der Waals surface area (Å²) < 4.78 is 33.8. The number of aromatic nitrogens is 1. The number of carbonyl (C=O) groups is 1. The van der Waals surface area contributed by atoms with E-state index in [9.17, 15) is 13.2 Å². The van der Waals surface area contributed by atoms with Gasteiger partial charge in [-0.15, -0.1) is 0 Å². The number of carbonyl (C=O) groups excluding carboxylic acids is 1. The molecule has 31 heavy (non-hydrogen) atoms. The third-order valence-corrected chi connectivity index (χ3v) is 7.09. The molecule has 0 saturated heterocycles. The van der Waals surface area contributed by atoms with Crippen molar-refractivity contribution in [2.24, 2.45) is 0 Å². The summed E-state index contributed by atoms with van der Waals surface area (Å²) in [5, 5.41) is 1.11. The van der Waals surface area contributed by atoms with Gasteiger partial charge in [0, 0.05) is 52.8 Å². The normalized spacial score (nSPS) is 14.5. The van der Waals surface area contributed by atoms with Crippen molar-refractivity contribution in [3.8, 4) is 5.75 Å². The lowest BCUT2D eigenvalue weighted by atomic mass is 10.0. The van der Waals surface area contributed by atoms with Gasteiger partial charge in [0.05, 0.1) is 7.11 Å². The van der Waals surface area contributed by atoms with Crippen LogP contribution in [0.5, 0.6) is 5.75 Å². The van der Waals surface area contributed by atoms with Gasteiger partial charge in [0.15, 0.2) is 0 Å². The van der Waals surface area contributed by atoms with Crippen LogP contribution in [0.3, 0.4) is 0 Å². The molecule has 2 N–H and O–H groups in total. The van der Waals surface area contributed by atoms with Crippen molar-refractivity contribution >= 4 is 26.8 Å². The van der Waals surface area contributed by atoms with Gasteiger partial charge in [-0.05, 0) is 45.0 Å². The second-order valence-electron chi connectivity index (χ2n) is 8.83. The number of amides is 1. The van der Waals surface area contributed by atoms with Crippen molar-refractivity contribution < 1.29 is 17.9 Å². The Morgan fingerprint density at radius 3 is 2.61 bits per heavy atom. The molecule has 1 amide bonds. The molecule has 2 aromatic carbocycles. The lowest BCUT2D eigenvalue weighted by molar-refractivity contribution is 0.0735. The Labute approximate surface area is 182 Å². The molecule has 7 nitrogen and oxygen atoms in total. The number of benzene rings is 2. The summed E-state index contributed by atoms with van der Waals surface area (Å²) in [6.07, 6.45) is 0.725. The molecule has 0 aliphatic carbocycles. The van der Waals surface area contributed by atoms with E-state index >= 15 is 0 Å². The molecule has 0 radical (unpaired) electrons. The fourth-order valence-corrected chi connectivity index (χ4v) is 5.61. The van der Waals surface area contributed by atoms with Crippen LogP contribution in [0.2, 0.25) is 0 Å². The van der Waals surface area contributed by atoms with Gasteiger partial charge < -0.3 is 14.6 Å². The van der Waals surface area contributed by atoms with Gasteiger partial charge in [-0.25, -0.2) is 13.1 Å². The van der Waals surface area contributed by atoms with E-state index in [0.29, 0.717) is 18.7 Å². The summed E-state index contributed by atoms with van der Waals surface area (Å²) in [5.41, 5.74) is 2.98. The summed E-state index contributed by atoms with van der Waals surface area (Å²) >= 11 is 0. The van der Waals surface area contributed by atoms with Crippen molar-refractivity contribution in [2.75, 3.05) is 13.7 Å². The van der Waals surface area contributed by atoms with Gasteiger partial charge in [0.25, 0.3) is 5.91 Å². The van der Waals surface area contributed by atoms with E-state index in [0.717, 1.165) is 28.6 Å². The zero-order chi connectivity index (χ0) is 22.4. The molecule has 1 aliphatic heterocycles. The number of hydrogen-bond donors (Lipinski definition) is 2. The highest BCUT2D eigenvalue weighted by atomic mass is 32.2. The highest BCUT2D eigenvalue weighted by Crippen LogP contribution is 2.30. The maximum Gasteiger partial charge on any atom is 0.254 e. The van der Waals surface area contributed by atoms with Crippen molar-refractivity contribution in [1.82, 2.24) is 14.6 Å². The van der Waals surface area contributed by atoms with Gasteiger partial charge in [0.2, 0.25) is 10.0 Å². The Morgan fingerprint density at radius 1 is 1.16 bits per heavy atom. The number of nitrogens with one attached hydrogen (secondary N) is 2. The molecule has 0 saturated carbocycles. The quantitative estimate of drug-likeness (QED) is 0.649. The molecule has 2 heterocycles. The highest BCUT2D eigenvalue weighted by molar-refractivity contribution is 7.89. The molecule has 3 aromatic rings. The molecule has 0 atom stereocenters. The zero-order valence-electron chi connectivity index (χ0n) is 18.2. The van der Waals surface area contributed by atoms with Crippen molar-refractivity contribution in [3.63, 3.8) is 0 Å². The van der Waals surface area contributed by atoms with Crippen LogP contribution >= 0.6 is 0 Å². The topological polar surface area (TPSA) is 91.5 Å². The number of nitrogens with zero attached hydrogens (tertiary/aromatic N) is 1. The fraction of sp³-hybridized carbons (Fsp3) is 0.348. The van der Waals surface area contributed by atoms with Crippen LogP contribution in [0.15, 0.2) is 47.4 Å². The van der Waals surface area contributed by atoms with Gasteiger partial charge >= 0.3 is 0 Å². The highest BCUT2D eigenvalue weighted by Gasteiger charge is 2.29. The van der Waals surface area contributed by atoms with Crippen molar-refractivity contribution in [1.29, 1.82) is 0 Å². The van der Waals surface area contributed by atoms with E-state index in [1.54, 1.807) is 31.7 Å². The average Bonchev–Trinajstić information content (AvgIpc) is 3.09. The number of fused-ring (bicyclic) bond motifs is 3. The first-order valence-corrected chi connectivity index (χ1v) is 11.7. The number of hydrogen-bond acceptors (Lipinski definition) is 4. The molecular formula is C23H27N3O4S. The van der Waals surface area contributed by atoms with Crippen LogP contribution in [0, 0.1) is 0 Å². The number of ether oxygens (including phenoxy) is 1. The summed E-state index contributed by atoms with van der Waals surface area (Å²) in [6.45, 7) is 6.33. The Balaban J connectivity index is 1.66. The average molecular weight is 442 g/mol. The van der Waals surface area contributed by atoms with E-state index in [-0.39, 0.29) is 16.6 Å². The van der Waals surface area contributed by atoms with Gasteiger partial charge in [-0.3, -0.25) is 4.79 Å². The molecule has 1 aromatic heterocycles. The SMILES string of the molecule is COc1ccc(C(=O)N2CCc3[nH]c4ccccc4c3C2)cc1S(=O)(=O)NC(C)(C)C. The third-order valence-electron chi connectivity index (χ3n) is 5.31. The number of aromatic amines is 1. The Hall–Kier alpha value is -2.84. The summed E-state index contributed by atoms with van der Waals surface area (Å²) in [4.78, 5) is 18.5. The minimum absolute atomic E-state index is 0.0411. The zero-order valence-corrected chi connectivity index (χ0v) is 19.0. The first-order valence-electron chi connectivity index (χ1n) is 10.2. The molecular weight excluding hydrogens is 414 g/mol. The Kier molecular flexibility index (Phi) is 5.31. The monoisotopic (exact) mass is 441 g/mol. The fourth-order valence-electron chi connectivity index (χ4n) is 4.00. The maximum atomic E-state index is 13.3. The smallest absolute Gasteiger partial charge is 0.254 e. The van der Waals surface area contributed by atoms with Crippen LogP contribution < -0.4 is 9.46 Å². The molecule has 0 unspecified atom stereocenters. The number of sulfonamides is 1.